The highest BCUT2D eigenvalue weighted by atomic mass is 79.9. The number of carbonyl (C=O) groups is 1. The van der Waals surface area contributed by atoms with Crippen molar-refractivity contribution < 1.29 is 15.0 Å². The van der Waals surface area contributed by atoms with E-state index in [4.69, 9.17) is 5.11 Å². The zero-order chi connectivity index (χ0) is 13.1. The Morgan fingerprint density at radius 3 is 2.67 bits per heavy atom. The lowest BCUT2D eigenvalue weighted by Gasteiger charge is -2.37. The first-order valence-electron chi connectivity index (χ1n) is 6.04. The molecule has 0 unspecified atom stereocenters. The van der Waals surface area contributed by atoms with Crippen LogP contribution in [0.5, 0.6) is 5.75 Å². The average Bonchev–Trinajstić information content (AvgIpc) is 2.29. The SMILES string of the molecule is O=C(c1ccc(Br)c(O)c1)N(CCO)C1CCC1. The van der Waals surface area contributed by atoms with Gasteiger partial charge in [-0.15, -0.1) is 0 Å². The van der Waals surface area contributed by atoms with E-state index in [9.17, 15) is 9.90 Å². The van der Waals surface area contributed by atoms with Crippen molar-refractivity contribution in [3.63, 3.8) is 0 Å². The van der Waals surface area contributed by atoms with E-state index in [2.05, 4.69) is 15.9 Å². The summed E-state index contributed by atoms with van der Waals surface area (Å²) in [5, 5.41) is 18.7. The number of hydrogen-bond acceptors (Lipinski definition) is 3. The molecule has 0 aliphatic heterocycles. The highest BCUT2D eigenvalue weighted by Crippen LogP contribution is 2.28. The first kappa shape index (κ1) is 13.4. The number of phenols is 1. The van der Waals surface area contributed by atoms with Gasteiger partial charge in [-0.2, -0.15) is 0 Å². The molecule has 4 nitrogen and oxygen atoms in total. The van der Waals surface area contributed by atoms with Crippen LogP contribution < -0.4 is 0 Å². The monoisotopic (exact) mass is 313 g/mol. The zero-order valence-electron chi connectivity index (χ0n) is 9.97. The van der Waals surface area contributed by atoms with Gasteiger partial charge < -0.3 is 15.1 Å². The van der Waals surface area contributed by atoms with Crippen molar-refractivity contribution in [2.75, 3.05) is 13.2 Å². The van der Waals surface area contributed by atoms with Crippen molar-refractivity contribution in [3.05, 3.63) is 28.2 Å². The highest BCUT2D eigenvalue weighted by Gasteiger charge is 2.29. The van der Waals surface area contributed by atoms with Gasteiger partial charge in [-0.1, -0.05) is 0 Å². The lowest BCUT2D eigenvalue weighted by molar-refractivity contribution is 0.0525. The molecule has 0 bridgehead atoms. The predicted octanol–water partition coefficient (Wildman–Crippen LogP) is 2.14. The smallest absolute Gasteiger partial charge is 0.254 e. The van der Waals surface area contributed by atoms with Crippen LogP contribution in [0.25, 0.3) is 0 Å². The fourth-order valence-corrected chi connectivity index (χ4v) is 2.31. The van der Waals surface area contributed by atoms with Crippen molar-refractivity contribution in [1.29, 1.82) is 0 Å². The van der Waals surface area contributed by atoms with Crippen molar-refractivity contribution in [2.45, 2.75) is 25.3 Å². The Morgan fingerprint density at radius 2 is 2.17 bits per heavy atom. The van der Waals surface area contributed by atoms with Crippen LogP contribution in [0.4, 0.5) is 0 Å². The summed E-state index contributed by atoms with van der Waals surface area (Å²) in [6, 6.07) is 5.01. The van der Waals surface area contributed by atoms with Crippen molar-refractivity contribution in [1.82, 2.24) is 4.90 Å². The van der Waals surface area contributed by atoms with Crippen LogP contribution in [-0.2, 0) is 0 Å². The van der Waals surface area contributed by atoms with Gasteiger partial charge in [0.05, 0.1) is 11.1 Å². The maximum Gasteiger partial charge on any atom is 0.254 e. The van der Waals surface area contributed by atoms with E-state index in [-0.39, 0.29) is 24.3 Å². The highest BCUT2D eigenvalue weighted by molar-refractivity contribution is 9.10. The maximum absolute atomic E-state index is 12.3. The van der Waals surface area contributed by atoms with Gasteiger partial charge in [-0.25, -0.2) is 0 Å². The molecule has 1 aromatic carbocycles. The molecule has 18 heavy (non-hydrogen) atoms. The van der Waals surface area contributed by atoms with E-state index in [0.29, 0.717) is 16.6 Å². The molecule has 1 aliphatic rings. The normalized spacial score (nSPS) is 15.2. The Hall–Kier alpha value is -1.07. The van der Waals surface area contributed by atoms with Crippen molar-refractivity contribution >= 4 is 21.8 Å². The molecule has 1 aliphatic carbocycles. The van der Waals surface area contributed by atoms with Crippen LogP contribution in [-0.4, -0.2) is 40.2 Å². The van der Waals surface area contributed by atoms with Gasteiger partial charge in [-0.05, 0) is 53.4 Å². The molecule has 1 aromatic rings. The quantitative estimate of drug-likeness (QED) is 0.895. The topological polar surface area (TPSA) is 60.8 Å². The minimum Gasteiger partial charge on any atom is -0.507 e. The molecule has 98 valence electrons. The molecule has 2 rings (SSSR count). The molecule has 5 heteroatoms. The third-order valence-corrected chi connectivity index (χ3v) is 3.98. The molecule has 0 spiro atoms. The number of nitrogens with zero attached hydrogens (tertiary/aromatic N) is 1. The third-order valence-electron chi connectivity index (χ3n) is 3.31. The summed E-state index contributed by atoms with van der Waals surface area (Å²) in [5.74, 6) is -0.0741. The second kappa shape index (κ2) is 5.71. The van der Waals surface area contributed by atoms with Crippen LogP contribution in [0.2, 0.25) is 0 Å². The van der Waals surface area contributed by atoms with Crippen LogP contribution in [0, 0.1) is 0 Å². The molecule has 2 N–H and O–H groups in total. The summed E-state index contributed by atoms with van der Waals surface area (Å²) < 4.78 is 0.566. The number of benzene rings is 1. The molecule has 0 heterocycles. The van der Waals surface area contributed by atoms with E-state index in [0.717, 1.165) is 19.3 Å². The van der Waals surface area contributed by atoms with Gasteiger partial charge in [0.25, 0.3) is 5.91 Å². The number of carbonyl (C=O) groups excluding carboxylic acids is 1. The van der Waals surface area contributed by atoms with Gasteiger partial charge in [0, 0.05) is 18.2 Å². The number of aromatic hydroxyl groups is 1. The summed E-state index contributed by atoms with van der Waals surface area (Å²) in [4.78, 5) is 14.0. The number of amides is 1. The summed E-state index contributed by atoms with van der Waals surface area (Å²) in [5.41, 5.74) is 0.455. The fourth-order valence-electron chi connectivity index (χ4n) is 2.07. The summed E-state index contributed by atoms with van der Waals surface area (Å²) in [6.07, 6.45) is 3.12. The van der Waals surface area contributed by atoms with E-state index < -0.39 is 0 Å². The summed E-state index contributed by atoms with van der Waals surface area (Å²) in [6.45, 7) is 0.311. The first-order chi connectivity index (χ1) is 8.63. The molecule has 0 saturated heterocycles. The molecule has 0 aromatic heterocycles. The lowest BCUT2D eigenvalue weighted by Crippen LogP contribution is -2.45. The van der Waals surface area contributed by atoms with Crippen LogP contribution in [0.15, 0.2) is 22.7 Å². The molecule has 0 radical (unpaired) electrons. The fraction of sp³-hybridized carbons (Fsp3) is 0.462. The third kappa shape index (κ3) is 2.67. The van der Waals surface area contributed by atoms with E-state index in [1.54, 1.807) is 17.0 Å². The Morgan fingerprint density at radius 1 is 1.44 bits per heavy atom. The number of phenolic OH excluding ortho intramolecular Hbond substituents is 1. The molecule has 0 atom stereocenters. The molecular formula is C13H16BrNO3. The van der Waals surface area contributed by atoms with Crippen molar-refractivity contribution in [2.24, 2.45) is 0 Å². The standard InChI is InChI=1S/C13H16BrNO3/c14-11-5-4-9(8-12(11)17)13(18)15(6-7-16)10-2-1-3-10/h4-5,8,10,16-17H,1-3,6-7H2. The van der Waals surface area contributed by atoms with Gasteiger partial charge in [0.15, 0.2) is 0 Å². The number of halogens is 1. The maximum atomic E-state index is 12.3. The summed E-state index contributed by atoms with van der Waals surface area (Å²) in [7, 11) is 0. The first-order valence-corrected chi connectivity index (χ1v) is 6.83. The lowest BCUT2D eigenvalue weighted by atomic mass is 9.91. The van der Waals surface area contributed by atoms with Crippen LogP contribution in [0.3, 0.4) is 0 Å². The second-order valence-corrected chi connectivity index (χ2v) is 5.33. The zero-order valence-corrected chi connectivity index (χ0v) is 11.6. The Balaban J connectivity index is 2.18. The Labute approximate surface area is 114 Å². The molecular weight excluding hydrogens is 298 g/mol. The minimum absolute atomic E-state index is 0.0370. The molecule has 1 fully saturated rings. The summed E-state index contributed by atoms with van der Waals surface area (Å²) >= 11 is 3.19. The minimum atomic E-state index is -0.128. The van der Waals surface area contributed by atoms with E-state index in [1.807, 2.05) is 0 Å². The van der Waals surface area contributed by atoms with E-state index >= 15 is 0 Å². The van der Waals surface area contributed by atoms with Gasteiger partial charge in [-0.3, -0.25) is 4.79 Å². The van der Waals surface area contributed by atoms with E-state index in [1.165, 1.54) is 6.07 Å². The van der Waals surface area contributed by atoms with Crippen LogP contribution in [0.1, 0.15) is 29.6 Å². The van der Waals surface area contributed by atoms with Gasteiger partial charge in [0.1, 0.15) is 5.75 Å². The number of aliphatic hydroxyl groups is 1. The van der Waals surface area contributed by atoms with Crippen molar-refractivity contribution in [3.8, 4) is 5.75 Å². The predicted molar refractivity (Wildman–Crippen MR) is 71.6 cm³/mol. The second-order valence-electron chi connectivity index (χ2n) is 4.47. The van der Waals surface area contributed by atoms with Crippen LogP contribution >= 0.6 is 15.9 Å². The number of rotatable bonds is 4. The number of hydrogen-bond donors (Lipinski definition) is 2. The molecule has 1 amide bonds. The Kier molecular flexibility index (Phi) is 4.24. The molecule has 1 saturated carbocycles. The van der Waals surface area contributed by atoms with Gasteiger partial charge in [0.2, 0.25) is 0 Å². The largest absolute Gasteiger partial charge is 0.507 e. The number of aliphatic hydroxyl groups excluding tert-OH is 1. The van der Waals surface area contributed by atoms with Gasteiger partial charge >= 0.3 is 0 Å². The average molecular weight is 314 g/mol. The Bertz CT molecular complexity index is 446.